The molecule has 0 bridgehead atoms. The molecule has 2 nitrogen and oxygen atoms in total. The smallest absolute Gasteiger partial charge is 0.300 e. The van der Waals surface area contributed by atoms with Crippen LogP contribution in [0, 0.1) is 0 Å². The Hall–Kier alpha value is -0.530. The molecule has 0 aliphatic rings. The van der Waals surface area contributed by atoms with Crippen molar-refractivity contribution in [2.45, 2.75) is 165 Å². The van der Waals surface area contributed by atoms with Crippen molar-refractivity contribution in [3.8, 4) is 0 Å². The van der Waals surface area contributed by atoms with Gasteiger partial charge in [0, 0.05) is 6.92 Å². The van der Waals surface area contributed by atoms with E-state index in [1.807, 2.05) is 0 Å². The highest BCUT2D eigenvalue weighted by atomic mass is 16.4. The zero-order chi connectivity index (χ0) is 22.9. The molecule has 0 saturated heterocycles. The summed E-state index contributed by atoms with van der Waals surface area (Å²) < 4.78 is 0. The molecule has 0 heterocycles. The second-order valence-electron chi connectivity index (χ2n) is 7.35. The van der Waals surface area contributed by atoms with Crippen molar-refractivity contribution in [2.75, 3.05) is 0 Å². The van der Waals surface area contributed by atoms with Gasteiger partial charge in [-0.05, 0) is 0 Å². The summed E-state index contributed by atoms with van der Waals surface area (Å²) in [6.45, 7) is 18.9. The Morgan fingerprint density at radius 3 is 0.536 bits per heavy atom. The Morgan fingerprint density at radius 1 is 0.429 bits per heavy atom. The summed E-state index contributed by atoms with van der Waals surface area (Å²) in [5, 5.41) is 7.42. The lowest BCUT2D eigenvalue weighted by Crippen LogP contribution is -1.78. The third-order valence-electron chi connectivity index (χ3n) is 3.83. The molecule has 0 spiro atoms. The van der Waals surface area contributed by atoms with Gasteiger partial charge in [0.25, 0.3) is 5.97 Å². The van der Waals surface area contributed by atoms with Crippen molar-refractivity contribution in [2.24, 2.45) is 0 Å². The fourth-order valence-electron chi connectivity index (χ4n) is 2.00. The number of aliphatic carboxylic acids is 1. The number of carbonyl (C=O) groups is 1. The van der Waals surface area contributed by atoms with E-state index in [1.54, 1.807) is 0 Å². The second kappa shape index (κ2) is 50.3. The number of unbranched alkanes of at least 4 members (excludes halogenated alkanes) is 12. The first-order chi connectivity index (χ1) is 13.4. The van der Waals surface area contributed by atoms with E-state index in [4.69, 9.17) is 9.90 Å². The molecule has 176 valence electrons. The first-order valence-electron chi connectivity index (χ1n) is 12.6. The number of carboxylic acids is 1. The van der Waals surface area contributed by atoms with Gasteiger partial charge in [0.15, 0.2) is 0 Å². The lowest BCUT2D eigenvalue weighted by Gasteiger charge is -1.86. The fourth-order valence-corrected chi connectivity index (χ4v) is 2.00. The minimum Gasteiger partial charge on any atom is -0.481 e. The van der Waals surface area contributed by atoms with Gasteiger partial charge in [-0.3, -0.25) is 4.79 Å². The van der Waals surface area contributed by atoms with E-state index in [1.165, 1.54) is 103 Å². The predicted molar refractivity (Wildman–Crippen MR) is 133 cm³/mol. The SMILES string of the molecule is CC(=O)O.CCCCCC.CCCCCC.CCCCCC.CCCCCC. The maximum Gasteiger partial charge on any atom is 0.300 e. The van der Waals surface area contributed by atoms with Gasteiger partial charge >= 0.3 is 0 Å². The standard InChI is InChI=1S/4C6H14.C2H4O2/c4*1-3-5-6-4-2;1-2(3)4/h4*3-6H2,1-2H3;1H3,(H,3,4). The Balaban J connectivity index is -0.0000000793. The third kappa shape index (κ3) is 116. The molecule has 0 aromatic carbocycles. The molecule has 2 heteroatoms. The largest absolute Gasteiger partial charge is 0.481 e. The Labute approximate surface area is 181 Å². The molecule has 28 heavy (non-hydrogen) atoms. The van der Waals surface area contributed by atoms with Crippen LogP contribution in [0.1, 0.15) is 165 Å². The maximum absolute atomic E-state index is 9.00. The average Bonchev–Trinajstić information content (AvgIpc) is 2.68. The second-order valence-corrected chi connectivity index (χ2v) is 7.35. The quantitative estimate of drug-likeness (QED) is 0.328. The lowest BCUT2D eigenvalue weighted by atomic mass is 10.2. The molecule has 0 aliphatic heterocycles. The van der Waals surface area contributed by atoms with E-state index in [0.29, 0.717) is 0 Å². The molecule has 0 aromatic heterocycles. The van der Waals surface area contributed by atoms with Crippen LogP contribution in [-0.4, -0.2) is 11.1 Å². The van der Waals surface area contributed by atoms with Crippen LogP contribution in [0.4, 0.5) is 0 Å². The normalized spacial score (nSPS) is 8.61. The van der Waals surface area contributed by atoms with E-state index >= 15 is 0 Å². The highest BCUT2D eigenvalue weighted by Crippen LogP contribution is 1.97. The van der Waals surface area contributed by atoms with Crippen molar-refractivity contribution in [3.05, 3.63) is 0 Å². The lowest BCUT2D eigenvalue weighted by molar-refractivity contribution is -0.134. The molecule has 1 N–H and O–H groups in total. The van der Waals surface area contributed by atoms with Gasteiger partial charge < -0.3 is 5.11 Å². The fraction of sp³-hybridized carbons (Fsp3) is 0.962. The minimum absolute atomic E-state index is 0.833. The summed E-state index contributed by atoms with van der Waals surface area (Å²) in [5.74, 6) is -0.833. The molecule has 0 saturated carbocycles. The molecule has 0 amide bonds. The molecule has 0 unspecified atom stereocenters. The van der Waals surface area contributed by atoms with Crippen LogP contribution in [0.15, 0.2) is 0 Å². The van der Waals surface area contributed by atoms with Gasteiger partial charge in [-0.25, -0.2) is 0 Å². The van der Waals surface area contributed by atoms with Crippen LogP contribution in [0.5, 0.6) is 0 Å². The first kappa shape index (κ1) is 38.1. The molecular formula is C26H60O2. The van der Waals surface area contributed by atoms with Crippen molar-refractivity contribution in [3.63, 3.8) is 0 Å². The van der Waals surface area contributed by atoms with Crippen LogP contribution >= 0.6 is 0 Å². The molecule has 0 aliphatic carbocycles. The summed E-state index contributed by atoms with van der Waals surface area (Å²) >= 11 is 0. The highest BCUT2D eigenvalue weighted by molar-refractivity contribution is 5.62. The van der Waals surface area contributed by atoms with Crippen LogP contribution in [0.3, 0.4) is 0 Å². The van der Waals surface area contributed by atoms with Gasteiger partial charge in [0.1, 0.15) is 0 Å². The molecule has 0 atom stereocenters. The zero-order valence-corrected chi connectivity index (χ0v) is 21.7. The van der Waals surface area contributed by atoms with Crippen LogP contribution < -0.4 is 0 Å². The Morgan fingerprint density at radius 2 is 0.500 bits per heavy atom. The van der Waals surface area contributed by atoms with E-state index < -0.39 is 5.97 Å². The number of carboxylic acid groups (broad SMARTS) is 1. The Bertz CT molecular complexity index is 151. The Kier molecular flexibility index (Phi) is 68.5. The first-order valence-corrected chi connectivity index (χ1v) is 12.6. The molecule has 0 fully saturated rings. The van der Waals surface area contributed by atoms with E-state index in [9.17, 15) is 0 Å². The van der Waals surface area contributed by atoms with Gasteiger partial charge in [-0.15, -0.1) is 0 Å². The average molecular weight is 405 g/mol. The van der Waals surface area contributed by atoms with E-state index in [-0.39, 0.29) is 0 Å². The number of rotatable bonds is 12. The third-order valence-corrected chi connectivity index (χ3v) is 3.83. The minimum atomic E-state index is -0.833. The predicted octanol–water partition coefficient (Wildman–Crippen LogP) is 10.4. The monoisotopic (exact) mass is 404 g/mol. The van der Waals surface area contributed by atoms with Gasteiger partial charge in [0.05, 0.1) is 0 Å². The summed E-state index contributed by atoms with van der Waals surface area (Å²) in [7, 11) is 0. The maximum atomic E-state index is 9.00. The van der Waals surface area contributed by atoms with Crippen LogP contribution in [0.25, 0.3) is 0 Å². The van der Waals surface area contributed by atoms with Gasteiger partial charge in [-0.1, -0.05) is 158 Å². The van der Waals surface area contributed by atoms with E-state index in [0.717, 1.165) is 6.92 Å². The van der Waals surface area contributed by atoms with Crippen LogP contribution in [-0.2, 0) is 4.79 Å². The molecule has 0 radical (unpaired) electrons. The van der Waals surface area contributed by atoms with Crippen LogP contribution in [0.2, 0.25) is 0 Å². The molecular weight excluding hydrogens is 344 g/mol. The molecule has 0 aromatic rings. The molecule has 0 rings (SSSR count). The zero-order valence-electron chi connectivity index (χ0n) is 21.7. The van der Waals surface area contributed by atoms with Crippen molar-refractivity contribution >= 4 is 5.97 Å². The van der Waals surface area contributed by atoms with Crippen molar-refractivity contribution in [1.82, 2.24) is 0 Å². The number of hydrogen-bond donors (Lipinski definition) is 1. The van der Waals surface area contributed by atoms with Crippen molar-refractivity contribution < 1.29 is 9.90 Å². The van der Waals surface area contributed by atoms with Gasteiger partial charge in [-0.2, -0.15) is 0 Å². The van der Waals surface area contributed by atoms with E-state index in [2.05, 4.69) is 55.4 Å². The van der Waals surface area contributed by atoms with Crippen molar-refractivity contribution in [1.29, 1.82) is 0 Å². The summed E-state index contributed by atoms with van der Waals surface area (Å²) in [6, 6.07) is 0. The topological polar surface area (TPSA) is 37.3 Å². The summed E-state index contributed by atoms with van der Waals surface area (Å²) in [4.78, 5) is 9.00. The highest BCUT2D eigenvalue weighted by Gasteiger charge is 1.77. The van der Waals surface area contributed by atoms with Gasteiger partial charge in [0.2, 0.25) is 0 Å². The summed E-state index contributed by atoms with van der Waals surface area (Å²) in [5.41, 5.74) is 0. The number of hydrogen-bond acceptors (Lipinski definition) is 1. The summed E-state index contributed by atoms with van der Waals surface area (Å²) in [6.07, 6.45) is 22.1.